The first kappa shape index (κ1) is 24.8. The Kier molecular flexibility index (Phi) is 25.1. The standard InChI is InChI=1S/C5H11NO2.C4H11N.CO2.CH4/c1-3(2)4(6)5(7)8;1-4(2)3-5;2-1-3;/h3-4H,6H2,1-2H3,(H,7,8);4H,3,5H2,1-2H3;;1H4/t4-;;;/m0.../s1. The zero-order chi connectivity index (χ0) is 13.7. The Bertz CT molecular complexity index is 200. The Labute approximate surface area is 103 Å². The summed E-state index contributed by atoms with van der Waals surface area (Å²) in [4.78, 5) is 26.3. The van der Waals surface area contributed by atoms with Gasteiger partial charge in [-0.3, -0.25) is 4.79 Å². The van der Waals surface area contributed by atoms with Gasteiger partial charge in [0.05, 0.1) is 0 Å². The van der Waals surface area contributed by atoms with Gasteiger partial charge in [0.25, 0.3) is 0 Å². The molecule has 0 unspecified atom stereocenters. The van der Waals surface area contributed by atoms with Gasteiger partial charge in [0.15, 0.2) is 0 Å². The van der Waals surface area contributed by atoms with Crippen molar-refractivity contribution in [2.24, 2.45) is 23.3 Å². The number of carbonyl (C=O) groups excluding carboxylic acids is 2. The molecule has 0 saturated carbocycles. The molecule has 0 aromatic carbocycles. The molecule has 17 heavy (non-hydrogen) atoms. The van der Waals surface area contributed by atoms with E-state index >= 15 is 0 Å². The summed E-state index contributed by atoms with van der Waals surface area (Å²) in [5.74, 6) is -0.248. The minimum absolute atomic E-state index is 0. The highest BCUT2D eigenvalue weighted by Gasteiger charge is 2.14. The molecule has 0 heterocycles. The highest BCUT2D eigenvalue weighted by Crippen LogP contribution is 1.96. The van der Waals surface area contributed by atoms with Gasteiger partial charge in [-0.15, -0.1) is 0 Å². The maximum absolute atomic E-state index is 10.0. The van der Waals surface area contributed by atoms with Gasteiger partial charge < -0.3 is 16.6 Å². The van der Waals surface area contributed by atoms with E-state index < -0.39 is 12.0 Å². The van der Waals surface area contributed by atoms with Gasteiger partial charge in [-0.05, 0) is 18.4 Å². The predicted octanol–water partition coefficient (Wildman–Crippen LogP) is 0.708. The number of aliphatic carboxylic acids is 1. The molecule has 0 aliphatic carbocycles. The summed E-state index contributed by atoms with van der Waals surface area (Å²) in [7, 11) is 0. The van der Waals surface area contributed by atoms with Gasteiger partial charge in [0.2, 0.25) is 0 Å². The monoisotopic (exact) mass is 250 g/mol. The Morgan fingerprint density at radius 3 is 1.47 bits per heavy atom. The van der Waals surface area contributed by atoms with Crippen LogP contribution in [0.4, 0.5) is 0 Å². The van der Waals surface area contributed by atoms with Crippen molar-refractivity contribution >= 4 is 12.1 Å². The number of nitrogens with two attached hydrogens (primary N) is 2. The minimum atomic E-state index is -0.931. The Morgan fingerprint density at radius 1 is 1.24 bits per heavy atom. The second-order valence-corrected chi connectivity index (χ2v) is 3.82. The van der Waals surface area contributed by atoms with Gasteiger partial charge in [-0.2, -0.15) is 9.59 Å². The lowest BCUT2D eigenvalue weighted by Gasteiger charge is -2.07. The molecule has 0 spiro atoms. The third kappa shape index (κ3) is 31.3. The summed E-state index contributed by atoms with van der Waals surface area (Å²) in [5, 5.41) is 8.23. The summed E-state index contributed by atoms with van der Waals surface area (Å²) in [5.41, 5.74) is 10.3. The smallest absolute Gasteiger partial charge is 0.373 e. The molecule has 0 saturated heterocycles. The fourth-order valence-corrected chi connectivity index (χ4v) is 0.285. The van der Waals surface area contributed by atoms with Crippen LogP contribution in [0.3, 0.4) is 0 Å². The molecule has 0 bridgehead atoms. The van der Waals surface area contributed by atoms with Crippen molar-refractivity contribution in [2.45, 2.75) is 41.2 Å². The molecule has 5 N–H and O–H groups in total. The Balaban J connectivity index is -0.0000000815. The van der Waals surface area contributed by atoms with Crippen LogP contribution >= 0.6 is 0 Å². The van der Waals surface area contributed by atoms with Crippen LogP contribution in [0, 0.1) is 11.8 Å². The van der Waals surface area contributed by atoms with Gasteiger partial charge in [-0.25, -0.2) is 0 Å². The van der Waals surface area contributed by atoms with Gasteiger partial charge in [0, 0.05) is 0 Å². The molecule has 0 aliphatic heterocycles. The lowest BCUT2D eigenvalue weighted by atomic mass is 10.1. The number of carbonyl (C=O) groups is 1. The van der Waals surface area contributed by atoms with Crippen LogP contribution in [0.1, 0.15) is 35.1 Å². The number of carboxylic acid groups (broad SMARTS) is 1. The molecule has 0 rings (SSSR count). The summed E-state index contributed by atoms with van der Waals surface area (Å²) < 4.78 is 0. The van der Waals surface area contributed by atoms with Crippen LogP contribution in [0.25, 0.3) is 0 Å². The number of hydrogen-bond donors (Lipinski definition) is 3. The molecule has 0 aliphatic rings. The van der Waals surface area contributed by atoms with Crippen LogP contribution in [0.15, 0.2) is 0 Å². The normalized spacial score (nSPS) is 9.88. The lowest BCUT2D eigenvalue weighted by molar-refractivity contribution is -0.191. The Morgan fingerprint density at radius 2 is 1.47 bits per heavy atom. The van der Waals surface area contributed by atoms with Crippen LogP contribution < -0.4 is 11.5 Å². The molecule has 0 aromatic heterocycles. The van der Waals surface area contributed by atoms with E-state index in [-0.39, 0.29) is 19.5 Å². The van der Waals surface area contributed by atoms with E-state index in [9.17, 15) is 4.79 Å². The highest BCUT2D eigenvalue weighted by molar-refractivity contribution is 5.73. The second kappa shape index (κ2) is 17.2. The topological polar surface area (TPSA) is 123 Å². The van der Waals surface area contributed by atoms with Crippen molar-refractivity contribution in [1.82, 2.24) is 0 Å². The fraction of sp³-hybridized carbons (Fsp3) is 0.818. The van der Waals surface area contributed by atoms with Crippen LogP contribution in [0.2, 0.25) is 0 Å². The summed E-state index contributed by atoms with van der Waals surface area (Å²) >= 11 is 0. The number of rotatable bonds is 3. The molecule has 0 radical (unpaired) electrons. The molecule has 6 nitrogen and oxygen atoms in total. The maximum atomic E-state index is 10.0. The molecular formula is C11H26N2O4. The van der Waals surface area contributed by atoms with E-state index in [1.807, 2.05) is 0 Å². The van der Waals surface area contributed by atoms with Crippen LogP contribution in [-0.4, -0.2) is 29.8 Å². The minimum Gasteiger partial charge on any atom is -0.480 e. The lowest BCUT2D eigenvalue weighted by Crippen LogP contribution is -2.34. The van der Waals surface area contributed by atoms with Crippen LogP contribution in [0.5, 0.6) is 0 Å². The third-order valence-electron chi connectivity index (χ3n) is 1.47. The van der Waals surface area contributed by atoms with Crippen LogP contribution in [-0.2, 0) is 14.4 Å². The fourth-order valence-electron chi connectivity index (χ4n) is 0.285. The zero-order valence-electron chi connectivity index (χ0n) is 10.3. The first-order valence-electron chi connectivity index (χ1n) is 4.92. The molecule has 0 fully saturated rings. The van der Waals surface area contributed by atoms with Gasteiger partial charge in [0.1, 0.15) is 6.04 Å². The highest BCUT2D eigenvalue weighted by atomic mass is 16.4. The molecular weight excluding hydrogens is 224 g/mol. The van der Waals surface area contributed by atoms with Crippen molar-refractivity contribution in [3.63, 3.8) is 0 Å². The predicted molar refractivity (Wildman–Crippen MR) is 66.1 cm³/mol. The molecule has 1 atom stereocenters. The first-order valence-corrected chi connectivity index (χ1v) is 4.92. The second-order valence-electron chi connectivity index (χ2n) is 3.82. The summed E-state index contributed by atoms with van der Waals surface area (Å²) in [6, 6.07) is -0.713. The van der Waals surface area contributed by atoms with E-state index in [0.717, 1.165) is 6.54 Å². The molecule has 6 heteroatoms. The molecule has 0 aromatic rings. The summed E-state index contributed by atoms with van der Waals surface area (Å²) in [6.07, 6.45) is 0.250. The van der Waals surface area contributed by atoms with E-state index in [4.69, 9.17) is 26.2 Å². The Hall–Kier alpha value is -1.23. The van der Waals surface area contributed by atoms with Crippen molar-refractivity contribution in [3.8, 4) is 0 Å². The van der Waals surface area contributed by atoms with E-state index in [0.29, 0.717) is 5.92 Å². The summed E-state index contributed by atoms with van der Waals surface area (Å²) in [6.45, 7) is 8.55. The van der Waals surface area contributed by atoms with E-state index in [1.54, 1.807) is 13.8 Å². The van der Waals surface area contributed by atoms with Gasteiger partial charge in [-0.1, -0.05) is 35.1 Å². The molecule has 0 amide bonds. The van der Waals surface area contributed by atoms with Crippen molar-refractivity contribution in [1.29, 1.82) is 0 Å². The van der Waals surface area contributed by atoms with E-state index in [1.165, 1.54) is 0 Å². The van der Waals surface area contributed by atoms with Crippen molar-refractivity contribution in [3.05, 3.63) is 0 Å². The number of carboxylic acids is 1. The van der Waals surface area contributed by atoms with Crippen molar-refractivity contribution < 1.29 is 19.5 Å². The van der Waals surface area contributed by atoms with E-state index in [2.05, 4.69) is 13.8 Å². The maximum Gasteiger partial charge on any atom is 0.373 e. The number of hydrogen-bond acceptors (Lipinski definition) is 5. The SMILES string of the molecule is C.CC(C)CN.CC(C)[C@H](N)C(=O)O.O=C=O. The third-order valence-corrected chi connectivity index (χ3v) is 1.47. The van der Waals surface area contributed by atoms with Gasteiger partial charge >= 0.3 is 12.1 Å². The average molecular weight is 250 g/mol. The molecule has 104 valence electrons. The zero-order valence-corrected chi connectivity index (χ0v) is 10.3. The van der Waals surface area contributed by atoms with Crippen molar-refractivity contribution in [2.75, 3.05) is 6.54 Å². The first-order chi connectivity index (χ1) is 7.24. The quantitative estimate of drug-likeness (QED) is 0.677. The largest absolute Gasteiger partial charge is 0.480 e. The average Bonchev–Trinajstić information content (AvgIpc) is 2.18.